The Labute approximate surface area is 83.4 Å². The summed E-state index contributed by atoms with van der Waals surface area (Å²) >= 11 is 4.85. The van der Waals surface area contributed by atoms with Gasteiger partial charge in [0.05, 0.1) is 5.69 Å². The standard InChI is InChI=1S/C9H13N3S/c1-3-11-7-4-6(2)12-8(5-7)9(10)13/h4-5H,3H2,1-2H3,(H2,10,13)(H,11,12). The van der Waals surface area contributed by atoms with E-state index in [4.69, 9.17) is 18.0 Å². The molecule has 0 spiro atoms. The van der Waals surface area contributed by atoms with Gasteiger partial charge in [0, 0.05) is 17.9 Å². The van der Waals surface area contributed by atoms with E-state index in [0.29, 0.717) is 10.7 Å². The fourth-order valence-electron chi connectivity index (χ4n) is 1.10. The van der Waals surface area contributed by atoms with Gasteiger partial charge in [0.25, 0.3) is 0 Å². The third kappa shape index (κ3) is 2.66. The summed E-state index contributed by atoms with van der Waals surface area (Å²) in [6.45, 7) is 4.83. The number of thiocarbonyl (C=S) groups is 1. The Hall–Kier alpha value is -1.16. The quantitative estimate of drug-likeness (QED) is 0.717. The van der Waals surface area contributed by atoms with Crippen molar-refractivity contribution < 1.29 is 0 Å². The minimum Gasteiger partial charge on any atom is -0.388 e. The molecular weight excluding hydrogens is 182 g/mol. The predicted octanol–water partition coefficient (Wildman–Crippen LogP) is 1.46. The fourth-order valence-corrected chi connectivity index (χ4v) is 1.21. The van der Waals surface area contributed by atoms with Crippen LogP contribution in [0.1, 0.15) is 18.3 Å². The normalized spacial score (nSPS) is 9.69. The van der Waals surface area contributed by atoms with Gasteiger partial charge in [0.2, 0.25) is 0 Å². The number of anilines is 1. The van der Waals surface area contributed by atoms with E-state index >= 15 is 0 Å². The van der Waals surface area contributed by atoms with Crippen LogP contribution in [0.3, 0.4) is 0 Å². The van der Waals surface area contributed by atoms with Crippen LogP contribution in [0.25, 0.3) is 0 Å². The van der Waals surface area contributed by atoms with E-state index in [0.717, 1.165) is 17.9 Å². The largest absolute Gasteiger partial charge is 0.388 e. The molecule has 1 heterocycles. The van der Waals surface area contributed by atoms with E-state index in [2.05, 4.69) is 10.3 Å². The summed E-state index contributed by atoms with van der Waals surface area (Å²) in [7, 11) is 0. The van der Waals surface area contributed by atoms with Crippen molar-refractivity contribution in [2.24, 2.45) is 5.73 Å². The molecule has 0 fully saturated rings. The van der Waals surface area contributed by atoms with Crippen LogP contribution in [-0.4, -0.2) is 16.5 Å². The van der Waals surface area contributed by atoms with Gasteiger partial charge in [-0.1, -0.05) is 12.2 Å². The van der Waals surface area contributed by atoms with E-state index in [1.165, 1.54) is 0 Å². The minimum absolute atomic E-state index is 0.336. The van der Waals surface area contributed by atoms with Crippen molar-refractivity contribution in [3.8, 4) is 0 Å². The van der Waals surface area contributed by atoms with Crippen LogP contribution in [0.4, 0.5) is 5.69 Å². The molecule has 3 nitrogen and oxygen atoms in total. The predicted molar refractivity (Wildman–Crippen MR) is 59.0 cm³/mol. The average Bonchev–Trinajstić information content (AvgIpc) is 2.03. The van der Waals surface area contributed by atoms with E-state index in [1.54, 1.807) is 0 Å². The third-order valence-corrected chi connectivity index (χ3v) is 1.80. The molecular formula is C9H13N3S. The smallest absolute Gasteiger partial charge is 0.122 e. The summed E-state index contributed by atoms with van der Waals surface area (Å²) in [5.74, 6) is 0. The van der Waals surface area contributed by atoms with Crippen molar-refractivity contribution in [3.63, 3.8) is 0 Å². The van der Waals surface area contributed by atoms with Crippen LogP contribution in [-0.2, 0) is 0 Å². The van der Waals surface area contributed by atoms with Crippen LogP contribution in [0.5, 0.6) is 0 Å². The molecule has 0 unspecified atom stereocenters. The van der Waals surface area contributed by atoms with Crippen molar-refractivity contribution in [2.75, 3.05) is 11.9 Å². The van der Waals surface area contributed by atoms with Gasteiger partial charge < -0.3 is 11.1 Å². The molecule has 0 saturated heterocycles. The molecule has 0 aliphatic rings. The molecule has 4 heteroatoms. The van der Waals surface area contributed by atoms with Crippen molar-refractivity contribution in [1.82, 2.24) is 4.98 Å². The first-order valence-corrected chi connectivity index (χ1v) is 4.56. The summed E-state index contributed by atoms with van der Waals surface area (Å²) in [6.07, 6.45) is 0. The summed E-state index contributed by atoms with van der Waals surface area (Å²) in [4.78, 5) is 4.55. The van der Waals surface area contributed by atoms with Crippen LogP contribution < -0.4 is 11.1 Å². The summed E-state index contributed by atoms with van der Waals surface area (Å²) in [5, 5.41) is 3.19. The number of nitrogens with one attached hydrogen (secondary N) is 1. The SMILES string of the molecule is CCNc1cc(C)nc(C(N)=S)c1. The lowest BCUT2D eigenvalue weighted by atomic mass is 10.2. The number of hydrogen-bond acceptors (Lipinski definition) is 3. The second-order valence-electron chi connectivity index (χ2n) is 2.78. The second-order valence-corrected chi connectivity index (χ2v) is 3.22. The first-order chi connectivity index (χ1) is 6.13. The zero-order chi connectivity index (χ0) is 9.84. The third-order valence-electron chi connectivity index (χ3n) is 1.59. The zero-order valence-electron chi connectivity index (χ0n) is 7.79. The second kappa shape index (κ2) is 4.18. The molecule has 0 aliphatic carbocycles. The molecule has 0 aliphatic heterocycles. The topological polar surface area (TPSA) is 50.9 Å². The summed E-state index contributed by atoms with van der Waals surface area (Å²) < 4.78 is 0. The maximum Gasteiger partial charge on any atom is 0.122 e. The number of aromatic nitrogens is 1. The van der Waals surface area contributed by atoms with Gasteiger partial charge in [0.1, 0.15) is 4.99 Å². The molecule has 0 radical (unpaired) electrons. The van der Waals surface area contributed by atoms with Crippen LogP contribution >= 0.6 is 12.2 Å². The van der Waals surface area contributed by atoms with Crippen molar-refractivity contribution in [1.29, 1.82) is 0 Å². The highest BCUT2D eigenvalue weighted by Gasteiger charge is 2.01. The molecule has 13 heavy (non-hydrogen) atoms. The van der Waals surface area contributed by atoms with Gasteiger partial charge in [-0.15, -0.1) is 0 Å². The maximum atomic E-state index is 5.49. The molecule has 1 rings (SSSR count). The van der Waals surface area contributed by atoms with E-state index in [9.17, 15) is 0 Å². The summed E-state index contributed by atoms with van der Waals surface area (Å²) in [6, 6.07) is 3.82. The van der Waals surface area contributed by atoms with Crippen molar-refractivity contribution in [2.45, 2.75) is 13.8 Å². The Kier molecular flexibility index (Phi) is 3.19. The van der Waals surface area contributed by atoms with Gasteiger partial charge >= 0.3 is 0 Å². The Morgan fingerprint density at radius 2 is 2.31 bits per heavy atom. The van der Waals surface area contributed by atoms with E-state index in [1.807, 2.05) is 26.0 Å². The zero-order valence-corrected chi connectivity index (χ0v) is 8.61. The molecule has 0 bridgehead atoms. The van der Waals surface area contributed by atoms with E-state index in [-0.39, 0.29) is 0 Å². The molecule has 0 saturated carbocycles. The molecule has 70 valence electrons. The van der Waals surface area contributed by atoms with Gasteiger partial charge in [-0.05, 0) is 26.0 Å². The van der Waals surface area contributed by atoms with Gasteiger partial charge in [-0.25, -0.2) is 0 Å². The first-order valence-electron chi connectivity index (χ1n) is 4.16. The Balaban J connectivity index is 3.03. The highest BCUT2D eigenvalue weighted by Crippen LogP contribution is 2.10. The lowest BCUT2D eigenvalue weighted by molar-refractivity contribution is 1.15. The molecule has 0 aromatic carbocycles. The molecule has 3 N–H and O–H groups in total. The van der Waals surface area contributed by atoms with Crippen molar-refractivity contribution >= 4 is 22.9 Å². The van der Waals surface area contributed by atoms with E-state index < -0.39 is 0 Å². The van der Waals surface area contributed by atoms with Crippen LogP contribution in [0, 0.1) is 6.92 Å². The van der Waals surface area contributed by atoms with Gasteiger partial charge in [-0.3, -0.25) is 4.98 Å². The van der Waals surface area contributed by atoms with Crippen molar-refractivity contribution in [3.05, 3.63) is 23.5 Å². The number of aryl methyl sites for hydroxylation is 1. The number of nitrogens with zero attached hydrogens (tertiary/aromatic N) is 1. The lowest BCUT2D eigenvalue weighted by Gasteiger charge is -2.06. The number of pyridine rings is 1. The van der Waals surface area contributed by atoms with Gasteiger partial charge in [0.15, 0.2) is 0 Å². The molecule has 0 atom stereocenters. The maximum absolute atomic E-state index is 5.49. The number of nitrogens with two attached hydrogens (primary N) is 1. The molecule has 1 aromatic rings. The summed E-state index contributed by atoms with van der Waals surface area (Å²) in [5.41, 5.74) is 8.09. The van der Waals surface area contributed by atoms with Gasteiger partial charge in [-0.2, -0.15) is 0 Å². The first kappa shape index (κ1) is 9.92. The highest BCUT2D eigenvalue weighted by molar-refractivity contribution is 7.80. The highest BCUT2D eigenvalue weighted by atomic mass is 32.1. The van der Waals surface area contributed by atoms with Crippen LogP contribution in [0.15, 0.2) is 12.1 Å². The monoisotopic (exact) mass is 195 g/mol. The lowest BCUT2D eigenvalue weighted by Crippen LogP contribution is -2.13. The number of rotatable bonds is 3. The minimum atomic E-state index is 0.336. The Bertz CT molecular complexity index is 323. The fraction of sp³-hybridized carbons (Fsp3) is 0.333. The molecule has 0 amide bonds. The Morgan fingerprint density at radius 1 is 1.62 bits per heavy atom. The Morgan fingerprint density at radius 3 is 2.85 bits per heavy atom. The average molecular weight is 195 g/mol. The molecule has 1 aromatic heterocycles. The van der Waals surface area contributed by atoms with Crippen LogP contribution in [0.2, 0.25) is 0 Å². The number of hydrogen-bond donors (Lipinski definition) is 2.